The molecule has 5 rings (SSSR count). The highest BCUT2D eigenvalue weighted by Gasteiger charge is 2.40. The molecule has 1 unspecified atom stereocenters. The number of anilines is 1. The van der Waals surface area contributed by atoms with Crippen LogP contribution in [-0.4, -0.2) is 69.8 Å². The summed E-state index contributed by atoms with van der Waals surface area (Å²) in [4.78, 5) is 13.1. The SMILES string of the molecule is COc1ccc(C(OC[C@@H](Cn2cnc3c(N)ncnc32)OP(OCCC#N)N(C(C)C)C(C)C)(c2ccccc2)c2ccc(OC)cc2)cc1. The van der Waals surface area contributed by atoms with E-state index in [-0.39, 0.29) is 31.7 Å². The zero-order valence-electron chi connectivity index (χ0n) is 30.0. The zero-order valence-corrected chi connectivity index (χ0v) is 30.9. The lowest BCUT2D eigenvalue weighted by molar-refractivity contribution is -0.0381. The van der Waals surface area contributed by atoms with Crippen LogP contribution in [0.4, 0.5) is 5.82 Å². The predicted molar refractivity (Wildman–Crippen MR) is 198 cm³/mol. The molecular weight excluding hydrogens is 665 g/mol. The molecule has 3 aromatic carbocycles. The van der Waals surface area contributed by atoms with Crippen LogP contribution in [0.15, 0.2) is 91.5 Å². The lowest BCUT2D eigenvalue weighted by Gasteiger charge is -2.39. The molecule has 12 nitrogen and oxygen atoms in total. The molecule has 0 saturated carbocycles. The quantitative estimate of drug-likeness (QED) is 0.0565. The van der Waals surface area contributed by atoms with E-state index in [1.165, 1.54) is 6.33 Å². The number of nitrogens with two attached hydrogens (primary N) is 1. The summed E-state index contributed by atoms with van der Waals surface area (Å²) >= 11 is 0. The van der Waals surface area contributed by atoms with Crippen molar-refractivity contribution in [3.05, 3.63) is 108 Å². The summed E-state index contributed by atoms with van der Waals surface area (Å²) in [5.41, 5.74) is 8.87. The second-order valence-corrected chi connectivity index (χ2v) is 13.8. The van der Waals surface area contributed by atoms with Crippen molar-refractivity contribution in [3.63, 3.8) is 0 Å². The molecule has 0 radical (unpaired) electrons. The van der Waals surface area contributed by atoms with Crippen LogP contribution in [0.1, 0.15) is 50.8 Å². The lowest BCUT2D eigenvalue weighted by Crippen LogP contribution is -2.39. The van der Waals surface area contributed by atoms with E-state index >= 15 is 0 Å². The van der Waals surface area contributed by atoms with Crippen molar-refractivity contribution in [1.29, 1.82) is 5.26 Å². The molecule has 5 aromatic rings. The molecule has 0 bridgehead atoms. The second kappa shape index (κ2) is 17.5. The minimum Gasteiger partial charge on any atom is -0.497 e. The number of hydrogen-bond acceptors (Lipinski definition) is 11. The maximum Gasteiger partial charge on any atom is 0.259 e. The van der Waals surface area contributed by atoms with Crippen LogP contribution < -0.4 is 15.2 Å². The Morgan fingerprint density at radius 2 is 1.43 bits per heavy atom. The molecule has 0 amide bonds. The fourth-order valence-electron chi connectivity index (χ4n) is 6.08. The molecule has 2 N–H and O–H groups in total. The van der Waals surface area contributed by atoms with Gasteiger partial charge < -0.3 is 33.6 Å². The minimum atomic E-state index is -1.63. The maximum absolute atomic E-state index is 9.33. The van der Waals surface area contributed by atoms with E-state index in [9.17, 15) is 5.26 Å². The molecule has 0 spiro atoms. The molecule has 0 aliphatic heterocycles. The number of methoxy groups -OCH3 is 2. The van der Waals surface area contributed by atoms with Crippen molar-refractivity contribution < 1.29 is 23.3 Å². The Labute approximate surface area is 301 Å². The highest BCUT2D eigenvalue weighted by molar-refractivity contribution is 7.44. The molecule has 268 valence electrons. The van der Waals surface area contributed by atoms with Gasteiger partial charge in [0.05, 0.1) is 52.8 Å². The van der Waals surface area contributed by atoms with Gasteiger partial charge in [-0.3, -0.25) is 0 Å². The smallest absolute Gasteiger partial charge is 0.259 e. The number of benzene rings is 3. The van der Waals surface area contributed by atoms with E-state index in [4.69, 9.17) is 29.0 Å². The minimum absolute atomic E-state index is 0.100. The summed E-state index contributed by atoms with van der Waals surface area (Å²) in [6, 6.07) is 28.3. The first-order valence-corrected chi connectivity index (χ1v) is 18.0. The van der Waals surface area contributed by atoms with Gasteiger partial charge in [-0.15, -0.1) is 0 Å². The van der Waals surface area contributed by atoms with Crippen molar-refractivity contribution in [3.8, 4) is 17.6 Å². The van der Waals surface area contributed by atoms with Crippen molar-refractivity contribution >= 4 is 25.5 Å². The number of ether oxygens (including phenoxy) is 3. The van der Waals surface area contributed by atoms with Crippen molar-refractivity contribution in [2.24, 2.45) is 0 Å². The monoisotopic (exact) mass is 711 g/mol. The van der Waals surface area contributed by atoms with Crippen LogP contribution in [0, 0.1) is 11.3 Å². The molecule has 0 saturated heterocycles. The third-order valence-corrected chi connectivity index (χ3v) is 10.6. The van der Waals surface area contributed by atoms with E-state index in [0.717, 1.165) is 28.2 Å². The van der Waals surface area contributed by atoms with Crippen LogP contribution in [0.2, 0.25) is 0 Å². The van der Waals surface area contributed by atoms with Gasteiger partial charge in [0.15, 0.2) is 11.5 Å². The van der Waals surface area contributed by atoms with Gasteiger partial charge >= 0.3 is 0 Å². The second-order valence-electron chi connectivity index (χ2n) is 12.4. The summed E-state index contributed by atoms with van der Waals surface area (Å²) in [6.07, 6.45) is 2.77. The number of imidazole rings is 1. The molecule has 2 heterocycles. The zero-order chi connectivity index (χ0) is 36.4. The topological polar surface area (TPSA) is 143 Å². The van der Waals surface area contributed by atoms with Gasteiger partial charge in [0.2, 0.25) is 0 Å². The van der Waals surface area contributed by atoms with Crippen LogP contribution in [-0.2, 0) is 25.9 Å². The highest BCUT2D eigenvalue weighted by Crippen LogP contribution is 2.48. The Bertz CT molecular complexity index is 1810. The van der Waals surface area contributed by atoms with Gasteiger partial charge in [-0.05, 0) is 68.7 Å². The number of nitriles is 1. The van der Waals surface area contributed by atoms with Crippen molar-refractivity contribution in [1.82, 2.24) is 24.2 Å². The predicted octanol–water partition coefficient (Wildman–Crippen LogP) is 7.10. The van der Waals surface area contributed by atoms with Gasteiger partial charge in [0.1, 0.15) is 35.0 Å². The fourth-order valence-corrected chi connectivity index (χ4v) is 7.77. The van der Waals surface area contributed by atoms with E-state index in [2.05, 4.69) is 65.5 Å². The van der Waals surface area contributed by atoms with Gasteiger partial charge in [-0.2, -0.15) is 5.26 Å². The largest absolute Gasteiger partial charge is 0.497 e. The number of hydrogen-bond donors (Lipinski definition) is 1. The first-order chi connectivity index (χ1) is 24.7. The number of fused-ring (bicyclic) bond motifs is 1. The van der Waals surface area contributed by atoms with Gasteiger partial charge in [-0.25, -0.2) is 19.6 Å². The number of nitrogen functional groups attached to an aromatic ring is 1. The van der Waals surface area contributed by atoms with Crippen LogP contribution in [0.3, 0.4) is 0 Å². The Kier molecular flexibility index (Phi) is 12.9. The van der Waals surface area contributed by atoms with Crippen LogP contribution in [0.25, 0.3) is 11.2 Å². The highest BCUT2D eigenvalue weighted by atomic mass is 31.2. The summed E-state index contributed by atoms with van der Waals surface area (Å²) in [5.74, 6) is 1.75. The van der Waals surface area contributed by atoms with Gasteiger partial charge in [0, 0.05) is 12.1 Å². The molecule has 0 fully saturated rings. The van der Waals surface area contributed by atoms with Crippen LogP contribution in [0.5, 0.6) is 11.5 Å². The van der Waals surface area contributed by atoms with E-state index < -0.39 is 20.2 Å². The maximum atomic E-state index is 9.33. The van der Waals surface area contributed by atoms with Crippen molar-refractivity contribution in [2.45, 2.75) is 64.4 Å². The molecule has 2 aromatic heterocycles. The number of nitrogens with zero attached hydrogens (tertiary/aromatic N) is 6. The summed E-state index contributed by atoms with van der Waals surface area (Å²) in [6.45, 7) is 9.09. The third kappa shape index (κ3) is 8.64. The van der Waals surface area contributed by atoms with Crippen LogP contribution >= 0.6 is 8.53 Å². The average molecular weight is 712 g/mol. The number of rotatable bonds is 18. The summed E-state index contributed by atoms with van der Waals surface area (Å²) in [5, 5.41) is 9.33. The standard InChI is InChI=1S/C38H46N7O5P/c1-27(2)45(28(3)4)51(49-22-10-21-39)50-34(23-44-26-43-35-36(40)41-25-42-37(35)44)24-48-38(29-11-8-7-9-12-29,30-13-17-32(46-5)18-14-30)31-15-19-33(47-6)20-16-31/h7-9,11-20,25-28,34H,10,22-24H2,1-6H3,(H2,40,41,42)/t34-,51?/m1/s1. The summed E-state index contributed by atoms with van der Waals surface area (Å²) in [7, 11) is 1.66. The molecule has 0 aliphatic rings. The Balaban J connectivity index is 1.63. The summed E-state index contributed by atoms with van der Waals surface area (Å²) < 4.78 is 35.8. The first-order valence-electron chi connectivity index (χ1n) is 16.9. The first kappa shape index (κ1) is 37.6. The molecular formula is C38H46N7O5P. The molecule has 0 aliphatic carbocycles. The molecule has 13 heteroatoms. The molecule has 2 atom stereocenters. The number of aromatic nitrogens is 4. The fraction of sp³-hybridized carbons (Fsp3) is 0.368. The van der Waals surface area contributed by atoms with E-state index in [1.54, 1.807) is 20.5 Å². The Hall–Kier alpha value is -4.63. The average Bonchev–Trinajstić information content (AvgIpc) is 3.56. The normalized spacial score (nSPS) is 13.1. The van der Waals surface area contributed by atoms with E-state index in [0.29, 0.717) is 23.5 Å². The van der Waals surface area contributed by atoms with Gasteiger partial charge in [0.25, 0.3) is 8.53 Å². The van der Waals surface area contributed by atoms with Crippen molar-refractivity contribution in [2.75, 3.05) is 33.2 Å². The lowest BCUT2D eigenvalue weighted by atomic mass is 9.80. The van der Waals surface area contributed by atoms with E-state index in [1.807, 2.05) is 71.3 Å². The Morgan fingerprint density at radius 3 is 1.98 bits per heavy atom. The molecule has 51 heavy (non-hydrogen) atoms. The van der Waals surface area contributed by atoms with Gasteiger partial charge in [-0.1, -0.05) is 54.6 Å². The third-order valence-electron chi connectivity index (χ3n) is 8.39. The Morgan fingerprint density at radius 1 is 0.843 bits per heavy atom.